The lowest BCUT2D eigenvalue weighted by Crippen LogP contribution is -1.98. The molecular formula is C32H50O3. The van der Waals surface area contributed by atoms with Crippen LogP contribution in [0.15, 0.2) is 60.8 Å². The van der Waals surface area contributed by atoms with Gasteiger partial charge in [-0.15, -0.1) is 0 Å². The standard InChI is InChI=1S/C32H50O3/c1-2-3-25-28-31(33)29-26-23-21-19-17-15-13-11-9-7-5-4-6-8-10-12-14-16-18-20-22-24-27-30-32(34)35/h3-5,9,11,15,17,25-26,29,31,33H,2,6-8,10,12-14,16,18-20,22,24,27-28,30H2,1H3,(H,34,35)/b5-4+,11-9+,17-15+,25-3+,29-26+. The van der Waals surface area contributed by atoms with E-state index in [1.807, 2.05) is 6.08 Å². The van der Waals surface area contributed by atoms with Crippen molar-refractivity contribution in [1.82, 2.24) is 0 Å². The summed E-state index contributed by atoms with van der Waals surface area (Å²) in [7, 11) is 0. The van der Waals surface area contributed by atoms with Gasteiger partial charge in [0.05, 0.1) is 6.10 Å². The Labute approximate surface area is 215 Å². The highest BCUT2D eigenvalue weighted by Crippen LogP contribution is 2.12. The third-order valence-electron chi connectivity index (χ3n) is 5.56. The number of allylic oxidation sites excluding steroid dienone is 8. The molecule has 3 nitrogen and oxygen atoms in total. The molecule has 0 saturated heterocycles. The van der Waals surface area contributed by atoms with E-state index in [9.17, 15) is 9.90 Å². The van der Waals surface area contributed by atoms with Gasteiger partial charge in [0.25, 0.3) is 0 Å². The number of unbranched alkanes of at least 4 members (excludes halogenated alkanes) is 10. The topological polar surface area (TPSA) is 57.5 Å². The van der Waals surface area contributed by atoms with E-state index in [1.165, 1.54) is 57.8 Å². The third-order valence-corrected chi connectivity index (χ3v) is 5.56. The van der Waals surface area contributed by atoms with Gasteiger partial charge in [0.15, 0.2) is 0 Å². The van der Waals surface area contributed by atoms with Crippen molar-refractivity contribution in [1.29, 1.82) is 0 Å². The first-order chi connectivity index (χ1) is 17.2. The zero-order valence-electron chi connectivity index (χ0n) is 22.2. The van der Waals surface area contributed by atoms with E-state index in [0.717, 1.165) is 38.5 Å². The Morgan fingerprint density at radius 2 is 1.31 bits per heavy atom. The molecule has 0 aliphatic heterocycles. The lowest BCUT2D eigenvalue weighted by atomic mass is 10.1. The number of aliphatic hydroxyl groups excluding tert-OH is 1. The number of carboxylic acids is 1. The van der Waals surface area contributed by atoms with Crippen molar-refractivity contribution in [2.45, 2.75) is 122 Å². The molecule has 0 aromatic rings. The van der Waals surface area contributed by atoms with Gasteiger partial charge in [-0.05, 0) is 57.1 Å². The molecule has 0 heterocycles. The molecular weight excluding hydrogens is 432 g/mol. The Bertz CT molecular complexity index is 685. The van der Waals surface area contributed by atoms with Crippen molar-refractivity contribution < 1.29 is 15.0 Å². The molecule has 0 bridgehead atoms. The predicted molar refractivity (Wildman–Crippen MR) is 151 cm³/mol. The van der Waals surface area contributed by atoms with Crippen LogP contribution in [-0.4, -0.2) is 22.3 Å². The van der Waals surface area contributed by atoms with E-state index in [2.05, 4.69) is 61.3 Å². The van der Waals surface area contributed by atoms with Gasteiger partial charge in [-0.1, -0.05) is 119 Å². The minimum atomic E-state index is -0.670. The van der Waals surface area contributed by atoms with Crippen molar-refractivity contribution in [2.75, 3.05) is 0 Å². The molecule has 0 aromatic carbocycles. The molecule has 0 aromatic heterocycles. The highest BCUT2D eigenvalue weighted by Gasteiger charge is 1.97. The van der Waals surface area contributed by atoms with Gasteiger partial charge in [-0.3, -0.25) is 4.79 Å². The predicted octanol–water partition coefficient (Wildman–Crippen LogP) is 8.87. The second kappa shape index (κ2) is 27.9. The van der Waals surface area contributed by atoms with Crippen LogP contribution in [0.1, 0.15) is 116 Å². The Balaban J connectivity index is 3.46. The van der Waals surface area contributed by atoms with Crippen LogP contribution in [0, 0.1) is 11.8 Å². The van der Waals surface area contributed by atoms with Crippen molar-refractivity contribution >= 4 is 5.97 Å². The van der Waals surface area contributed by atoms with Crippen LogP contribution < -0.4 is 0 Å². The maximum atomic E-state index is 10.4. The van der Waals surface area contributed by atoms with Gasteiger partial charge in [0, 0.05) is 12.8 Å². The molecule has 1 atom stereocenters. The molecule has 0 saturated carbocycles. The molecule has 0 fully saturated rings. The second-order valence-corrected chi connectivity index (χ2v) is 8.92. The smallest absolute Gasteiger partial charge is 0.303 e. The number of carbonyl (C=O) groups is 1. The maximum Gasteiger partial charge on any atom is 0.303 e. The molecule has 0 aliphatic rings. The number of carboxylic acid groups (broad SMARTS) is 1. The van der Waals surface area contributed by atoms with Crippen molar-refractivity contribution in [2.24, 2.45) is 0 Å². The van der Waals surface area contributed by atoms with Gasteiger partial charge in [0.2, 0.25) is 0 Å². The highest BCUT2D eigenvalue weighted by molar-refractivity contribution is 5.66. The van der Waals surface area contributed by atoms with E-state index < -0.39 is 12.1 Å². The number of hydrogen-bond donors (Lipinski definition) is 2. The summed E-state index contributed by atoms with van der Waals surface area (Å²) in [6.45, 7) is 2.08. The van der Waals surface area contributed by atoms with E-state index in [1.54, 1.807) is 12.2 Å². The zero-order chi connectivity index (χ0) is 25.7. The molecule has 35 heavy (non-hydrogen) atoms. The molecule has 2 N–H and O–H groups in total. The number of aliphatic carboxylic acids is 1. The number of rotatable bonds is 22. The Morgan fingerprint density at radius 3 is 1.94 bits per heavy atom. The summed E-state index contributed by atoms with van der Waals surface area (Å²) in [6, 6.07) is 0. The fraction of sp³-hybridized carbons (Fsp3) is 0.594. The molecule has 0 aliphatic carbocycles. The summed E-state index contributed by atoms with van der Waals surface area (Å²) in [4.78, 5) is 10.4. The molecule has 196 valence electrons. The average molecular weight is 483 g/mol. The van der Waals surface area contributed by atoms with Crippen LogP contribution in [0.2, 0.25) is 0 Å². The van der Waals surface area contributed by atoms with Gasteiger partial charge in [-0.25, -0.2) is 0 Å². The molecule has 1 unspecified atom stereocenters. The summed E-state index contributed by atoms with van der Waals surface area (Å²) in [5.41, 5.74) is 0. The summed E-state index contributed by atoms with van der Waals surface area (Å²) in [5, 5.41) is 18.3. The molecule has 3 heteroatoms. The first-order valence-electron chi connectivity index (χ1n) is 13.8. The maximum absolute atomic E-state index is 10.4. The Kier molecular flexibility index (Phi) is 26.1. The van der Waals surface area contributed by atoms with Crippen LogP contribution >= 0.6 is 0 Å². The number of aliphatic hydroxyl groups is 1. The van der Waals surface area contributed by atoms with E-state index in [0.29, 0.717) is 12.8 Å². The van der Waals surface area contributed by atoms with E-state index >= 15 is 0 Å². The first-order valence-corrected chi connectivity index (χ1v) is 13.8. The van der Waals surface area contributed by atoms with Crippen LogP contribution in [0.25, 0.3) is 0 Å². The first kappa shape index (κ1) is 32.7. The average Bonchev–Trinajstić information content (AvgIpc) is 2.84. The van der Waals surface area contributed by atoms with Gasteiger partial charge >= 0.3 is 5.97 Å². The van der Waals surface area contributed by atoms with E-state index in [-0.39, 0.29) is 0 Å². The largest absolute Gasteiger partial charge is 0.481 e. The van der Waals surface area contributed by atoms with Crippen LogP contribution in [0.5, 0.6) is 0 Å². The third kappa shape index (κ3) is 29.7. The SMILES string of the molecule is CC/C=C/CC(O)/C=C/C#CC/C=C/C/C=C/C/C=C/CCCCCCCCCCCCC(=O)O. The van der Waals surface area contributed by atoms with E-state index in [4.69, 9.17) is 5.11 Å². The van der Waals surface area contributed by atoms with Crippen molar-refractivity contribution in [3.8, 4) is 11.8 Å². The normalized spacial score (nSPS) is 13.0. The fourth-order valence-electron chi connectivity index (χ4n) is 3.51. The summed E-state index contributed by atoms with van der Waals surface area (Å²) in [5.74, 6) is 5.36. The lowest BCUT2D eigenvalue weighted by Gasteiger charge is -2.01. The molecule has 0 rings (SSSR count). The number of hydrogen-bond acceptors (Lipinski definition) is 2. The molecule has 0 spiro atoms. The van der Waals surface area contributed by atoms with Crippen LogP contribution in [0.4, 0.5) is 0 Å². The van der Waals surface area contributed by atoms with Crippen molar-refractivity contribution in [3.63, 3.8) is 0 Å². The van der Waals surface area contributed by atoms with Crippen LogP contribution in [-0.2, 0) is 4.79 Å². The molecule has 0 radical (unpaired) electrons. The monoisotopic (exact) mass is 482 g/mol. The minimum Gasteiger partial charge on any atom is -0.481 e. The van der Waals surface area contributed by atoms with Gasteiger partial charge in [0.1, 0.15) is 0 Å². The van der Waals surface area contributed by atoms with Gasteiger partial charge < -0.3 is 10.2 Å². The van der Waals surface area contributed by atoms with Crippen LogP contribution in [0.3, 0.4) is 0 Å². The van der Waals surface area contributed by atoms with Crippen molar-refractivity contribution in [3.05, 3.63) is 60.8 Å². The quantitative estimate of drug-likeness (QED) is 0.0920. The summed E-state index contributed by atoms with van der Waals surface area (Å²) in [6.07, 6.45) is 38.3. The fourth-order valence-corrected chi connectivity index (χ4v) is 3.51. The minimum absolute atomic E-state index is 0.322. The summed E-state index contributed by atoms with van der Waals surface area (Å²) >= 11 is 0. The lowest BCUT2D eigenvalue weighted by molar-refractivity contribution is -0.137. The molecule has 0 amide bonds. The highest BCUT2D eigenvalue weighted by atomic mass is 16.4. The second-order valence-electron chi connectivity index (χ2n) is 8.92. The summed E-state index contributed by atoms with van der Waals surface area (Å²) < 4.78 is 0. The Hall–Kier alpha value is -2.31. The Morgan fingerprint density at radius 1 is 0.743 bits per heavy atom. The zero-order valence-corrected chi connectivity index (χ0v) is 22.2. The van der Waals surface area contributed by atoms with Gasteiger partial charge in [-0.2, -0.15) is 0 Å².